The molecule has 0 saturated heterocycles. The van der Waals surface area contributed by atoms with E-state index < -0.39 is 24.2 Å². The topological polar surface area (TPSA) is 209 Å². The van der Waals surface area contributed by atoms with Crippen molar-refractivity contribution in [2.75, 3.05) is 13.1 Å². The van der Waals surface area contributed by atoms with Gasteiger partial charge >= 0.3 is 0 Å². The predicted molar refractivity (Wildman–Crippen MR) is 215 cm³/mol. The van der Waals surface area contributed by atoms with Crippen LogP contribution >= 0.6 is 0 Å². The molecule has 0 aliphatic rings. The molecule has 0 unspecified atom stereocenters. The minimum absolute atomic E-state index is 0.0377. The number of hydrogen-bond acceptors (Lipinski definition) is 8. The number of unbranched alkanes of at least 4 members (excludes halogenated alkanes) is 9. The number of carbonyl (C=O) groups is 4. The second-order valence-electron chi connectivity index (χ2n) is 14.8. The first-order valence-electron chi connectivity index (χ1n) is 20.1. The standard InChI is InChI=1S/C42H68N6O6/c1-5-29(3)37(47-39(51)35(43)27-31-17-21-33(49)22-18-31)41(53)45-25-15-13-11-9-7-8-10-12-14-16-26-46-42(54)38(30(4)6-2)48-40(52)36(44)28-32-19-23-34(50)24-20-32/h17-24,29-30,35-38,49-50H,5-16,25-28,43-44H2,1-4H3,(H,45,53)(H,46,54)(H,47,51)(H,48,52)/t29-,30-,35-,36-,37-,38-/m0/s1. The summed E-state index contributed by atoms with van der Waals surface area (Å²) in [6, 6.07) is 10.3. The first-order chi connectivity index (χ1) is 25.9. The molecule has 0 aromatic heterocycles. The average Bonchev–Trinajstić information content (AvgIpc) is 3.16. The van der Waals surface area contributed by atoms with Gasteiger partial charge in [-0.1, -0.05) is 116 Å². The van der Waals surface area contributed by atoms with E-state index in [9.17, 15) is 29.4 Å². The summed E-state index contributed by atoms with van der Waals surface area (Å²) in [7, 11) is 0. The smallest absolute Gasteiger partial charge is 0.242 e. The van der Waals surface area contributed by atoms with Gasteiger partial charge in [-0.3, -0.25) is 19.2 Å². The van der Waals surface area contributed by atoms with Gasteiger partial charge in [0.1, 0.15) is 23.6 Å². The van der Waals surface area contributed by atoms with Crippen LogP contribution in [-0.4, -0.2) is 71.1 Å². The molecule has 0 aliphatic heterocycles. The van der Waals surface area contributed by atoms with E-state index in [1.54, 1.807) is 48.5 Å². The fraction of sp³-hybridized carbons (Fsp3) is 0.619. The molecule has 12 nitrogen and oxygen atoms in total. The van der Waals surface area contributed by atoms with Crippen LogP contribution in [0.25, 0.3) is 0 Å². The summed E-state index contributed by atoms with van der Waals surface area (Å²) >= 11 is 0. The van der Waals surface area contributed by atoms with Crippen LogP contribution in [0, 0.1) is 11.8 Å². The number of phenolic OH excluding ortho intramolecular Hbond substituents is 2. The molecule has 0 spiro atoms. The van der Waals surface area contributed by atoms with Gasteiger partial charge in [-0.05, 0) is 72.9 Å². The van der Waals surface area contributed by atoms with E-state index in [1.165, 1.54) is 12.8 Å². The molecule has 0 saturated carbocycles. The van der Waals surface area contributed by atoms with E-state index in [2.05, 4.69) is 21.3 Å². The molecule has 0 bridgehead atoms. The van der Waals surface area contributed by atoms with Gasteiger partial charge in [0, 0.05) is 13.1 Å². The first-order valence-corrected chi connectivity index (χ1v) is 20.1. The number of benzene rings is 2. The molecular formula is C42H68N6O6. The van der Waals surface area contributed by atoms with Gasteiger partial charge in [0.2, 0.25) is 23.6 Å². The van der Waals surface area contributed by atoms with Crippen molar-refractivity contribution in [1.82, 2.24) is 21.3 Å². The summed E-state index contributed by atoms with van der Waals surface area (Å²) in [5, 5.41) is 30.7. The third-order valence-corrected chi connectivity index (χ3v) is 10.2. The van der Waals surface area contributed by atoms with Crippen molar-refractivity contribution in [3.8, 4) is 11.5 Å². The van der Waals surface area contributed by atoms with E-state index in [0.29, 0.717) is 25.9 Å². The zero-order chi connectivity index (χ0) is 39.9. The van der Waals surface area contributed by atoms with Crippen LogP contribution in [0.1, 0.15) is 116 Å². The minimum atomic E-state index is -0.799. The highest BCUT2D eigenvalue weighted by atomic mass is 16.3. The summed E-state index contributed by atoms with van der Waals surface area (Å²) in [4.78, 5) is 51.6. The van der Waals surface area contributed by atoms with Gasteiger partial charge in [-0.2, -0.15) is 0 Å². The van der Waals surface area contributed by atoms with Gasteiger partial charge < -0.3 is 42.9 Å². The van der Waals surface area contributed by atoms with Gasteiger partial charge in [-0.25, -0.2) is 0 Å². The molecule has 0 radical (unpaired) electrons. The highest BCUT2D eigenvalue weighted by molar-refractivity contribution is 5.90. The molecule has 2 rings (SSSR count). The summed E-state index contributed by atoms with van der Waals surface area (Å²) in [6.45, 7) is 9.00. The van der Waals surface area contributed by atoms with Crippen molar-refractivity contribution in [2.45, 2.75) is 142 Å². The van der Waals surface area contributed by atoms with E-state index in [0.717, 1.165) is 75.3 Å². The lowest BCUT2D eigenvalue weighted by atomic mass is 9.97. The summed E-state index contributed by atoms with van der Waals surface area (Å²) in [6.07, 6.45) is 12.8. The average molecular weight is 753 g/mol. The predicted octanol–water partition coefficient (Wildman–Crippen LogP) is 4.73. The Labute approximate surface area is 323 Å². The monoisotopic (exact) mass is 753 g/mol. The second-order valence-corrected chi connectivity index (χ2v) is 14.8. The third kappa shape index (κ3) is 17.8. The molecule has 2 aromatic carbocycles. The van der Waals surface area contributed by atoms with Crippen molar-refractivity contribution in [1.29, 1.82) is 0 Å². The highest BCUT2D eigenvalue weighted by Crippen LogP contribution is 2.15. The number of carbonyl (C=O) groups excluding carboxylic acids is 4. The van der Waals surface area contributed by atoms with Crippen molar-refractivity contribution in [2.24, 2.45) is 23.3 Å². The third-order valence-electron chi connectivity index (χ3n) is 10.2. The quantitative estimate of drug-likeness (QED) is 0.0597. The molecule has 0 aliphatic carbocycles. The minimum Gasteiger partial charge on any atom is -0.508 e. The lowest BCUT2D eigenvalue weighted by Crippen LogP contribution is -2.54. The Hall–Kier alpha value is -4.16. The fourth-order valence-corrected chi connectivity index (χ4v) is 6.19. The Morgan fingerprint density at radius 1 is 0.519 bits per heavy atom. The van der Waals surface area contributed by atoms with Crippen LogP contribution in [0.2, 0.25) is 0 Å². The van der Waals surface area contributed by atoms with Crippen LogP contribution in [0.3, 0.4) is 0 Å². The Kier molecular flexibility index (Phi) is 22.0. The normalized spacial score (nSPS) is 14.6. The number of nitrogens with two attached hydrogens (primary N) is 2. The maximum absolute atomic E-state index is 13.0. The van der Waals surface area contributed by atoms with Crippen LogP contribution in [0.15, 0.2) is 48.5 Å². The summed E-state index contributed by atoms with van der Waals surface area (Å²) in [5.74, 6) is -0.869. The van der Waals surface area contributed by atoms with Crippen LogP contribution in [0.5, 0.6) is 11.5 Å². The molecule has 12 heteroatoms. The van der Waals surface area contributed by atoms with Crippen molar-refractivity contribution < 1.29 is 29.4 Å². The maximum atomic E-state index is 13.0. The van der Waals surface area contributed by atoms with Crippen molar-refractivity contribution in [3.63, 3.8) is 0 Å². The van der Waals surface area contributed by atoms with Crippen molar-refractivity contribution >= 4 is 23.6 Å². The number of phenols is 2. The van der Waals surface area contributed by atoms with E-state index in [-0.39, 0.29) is 47.0 Å². The largest absolute Gasteiger partial charge is 0.508 e. The SMILES string of the molecule is CC[C@H](C)[C@H](NC(=O)[C@@H](N)Cc1ccc(O)cc1)C(=O)NCCCCCCCCCCCCNC(=O)[C@@H](NC(=O)[C@@H](N)Cc1ccc(O)cc1)[C@@H](C)CC. The number of amides is 4. The molecule has 2 aromatic rings. The number of nitrogens with one attached hydrogen (secondary N) is 4. The lowest BCUT2D eigenvalue weighted by Gasteiger charge is -2.25. The molecule has 0 fully saturated rings. The van der Waals surface area contributed by atoms with Crippen molar-refractivity contribution in [3.05, 3.63) is 59.7 Å². The van der Waals surface area contributed by atoms with Gasteiger partial charge in [0.15, 0.2) is 0 Å². The molecule has 6 atom stereocenters. The zero-order valence-corrected chi connectivity index (χ0v) is 33.1. The highest BCUT2D eigenvalue weighted by Gasteiger charge is 2.29. The van der Waals surface area contributed by atoms with Gasteiger partial charge in [0.05, 0.1) is 12.1 Å². The van der Waals surface area contributed by atoms with Crippen LogP contribution < -0.4 is 32.7 Å². The van der Waals surface area contributed by atoms with E-state index >= 15 is 0 Å². The lowest BCUT2D eigenvalue weighted by molar-refractivity contribution is -0.130. The molecule has 302 valence electrons. The fourth-order valence-electron chi connectivity index (χ4n) is 6.19. The number of hydrogen-bond donors (Lipinski definition) is 8. The summed E-state index contributed by atoms with van der Waals surface area (Å²) in [5.41, 5.74) is 13.9. The van der Waals surface area contributed by atoms with E-state index in [4.69, 9.17) is 11.5 Å². The van der Waals surface area contributed by atoms with Crippen LogP contribution in [-0.2, 0) is 32.0 Å². The zero-order valence-electron chi connectivity index (χ0n) is 33.1. The number of rotatable bonds is 27. The summed E-state index contributed by atoms with van der Waals surface area (Å²) < 4.78 is 0. The van der Waals surface area contributed by atoms with Gasteiger partial charge in [-0.15, -0.1) is 0 Å². The Morgan fingerprint density at radius 3 is 1.11 bits per heavy atom. The number of aromatic hydroxyl groups is 2. The first kappa shape index (κ1) is 46.0. The molecule has 4 amide bonds. The molecule has 10 N–H and O–H groups in total. The van der Waals surface area contributed by atoms with E-state index in [1.807, 2.05) is 27.7 Å². The van der Waals surface area contributed by atoms with Gasteiger partial charge in [0.25, 0.3) is 0 Å². The Balaban J connectivity index is 1.54. The maximum Gasteiger partial charge on any atom is 0.242 e. The van der Waals surface area contributed by atoms with Crippen LogP contribution in [0.4, 0.5) is 0 Å². The molecular weight excluding hydrogens is 684 g/mol. The Morgan fingerprint density at radius 2 is 0.815 bits per heavy atom. The molecule has 0 heterocycles. The Bertz CT molecular complexity index is 1280. The molecule has 54 heavy (non-hydrogen) atoms. The second kappa shape index (κ2) is 25.8.